The van der Waals surface area contributed by atoms with Crippen molar-refractivity contribution in [1.29, 1.82) is 0 Å². The lowest BCUT2D eigenvalue weighted by Gasteiger charge is -2.43. The highest BCUT2D eigenvalue weighted by atomic mass is 19.2. The van der Waals surface area contributed by atoms with Crippen LogP contribution in [0.15, 0.2) is 103 Å². The lowest BCUT2D eigenvalue weighted by Crippen LogP contribution is -2.44. The number of halogens is 5. The van der Waals surface area contributed by atoms with Crippen LogP contribution < -0.4 is 5.32 Å². The van der Waals surface area contributed by atoms with Crippen molar-refractivity contribution < 1.29 is 41.3 Å². The number of carbonyl (C=O) groups excluding carboxylic acids is 1. The molecule has 0 aromatic heterocycles. The lowest BCUT2D eigenvalue weighted by molar-refractivity contribution is -0.276. The summed E-state index contributed by atoms with van der Waals surface area (Å²) in [7, 11) is 2.07. The van der Waals surface area contributed by atoms with E-state index >= 15 is 0 Å². The van der Waals surface area contributed by atoms with Crippen LogP contribution in [0.5, 0.6) is 0 Å². The zero-order valence-corrected chi connectivity index (χ0v) is 29.3. The van der Waals surface area contributed by atoms with Gasteiger partial charge in [0.05, 0.1) is 18.8 Å². The maximum absolute atomic E-state index is 14.2. The molecule has 1 heterocycles. The van der Waals surface area contributed by atoms with Crippen molar-refractivity contribution >= 4 is 5.91 Å². The number of rotatable bonds is 11. The van der Waals surface area contributed by atoms with Crippen LogP contribution in [0.3, 0.4) is 0 Å². The van der Waals surface area contributed by atoms with E-state index in [0.29, 0.717) is 12.1 Å². The standard InChI is InChI=1S/C42H39F5N2O4/c1-24-33(22-49(3)25(2)28-10-5-4-6-11-28)52-42(53-40(24)29-17-15-26(23-50)16-18-29)32-14-8-13-31(20-32)30-12-7-9-27(19-30)21-48-41(51)34-35(43)37(45)39(47)38(46)36(34)44/h4-20,24-25,33,40,42,50H,21-23H2,1-3H3,(H,48,51). The third-order valence-electron chi connectivity index (χ3n) is 9.84. The molecule has 1 aliphatic rings. The van der Waals surface area contributed by atoms with Gasteiger partial charge in [-0.05, 0) is 59.5 Å². The minimum absolute atomic E-state index is 0.0310. The molecule has 5 unspecified atom stereocenters. The van der Waals surface area contributed by atoms with Gasteiger partial charge in [-0.1, -0.05) is 97.9 Å². The molecule has 6 nitrogen and oxygen atoms in total. The van der Waals surface area contributed by atoms with Crippen molar-refractivity contribution in [3.63, 3.8) is 0 Å². The quantitative estimate of drug-likeness (QED) is 0.0807. The molecular formula is C42H39F5N2O4. The predicted octanol–water partition coefficient (Wildman–Crippen LogP) is 8.96. The van der Waals surface area contributed by atoms with Gasteiger partial charge in [0, 0.05) is 30.6 Å². The molecule has 0 spiro atoms. The van der Waals surface area contributed by atoms with Crippen LogP contribution in [0.4, 0.5) is 22.0 Å². The summed E-state index contributed by atoms with van der Waals surface area (Å²) in [4.78, 5) is 14.8. The van der Waals surface area contributed by atoms with E-state index in [1.54, 1.807) is 18.2 Å². The molecule has 1 amide bonds. The van der Waals surface area contributed by atoms with Crippen molar-refractivity contribution in [2.24, 2.45) is 5.92 Å². The van der Waals surface area contributed by atoms with Crippen molar-refractivity contribution in [2.45, 2.75) is 51.5 Å². The molecule has 5 aromatic carbocycles. The number of aliphatic hydroxyl groups is 1. The third-order valence-corrected chi connectivity index (χ3v) is 9.84. The van der Waals surface area contributed by atoms with E-state index in [-0.39, 0.29) is 37.3 Å². The third kappa shape index (κ3) is 8.18. The van der Waals surface area contributed by atoms with Crippen molar-refractivity contribution in [1.82, 2.24) is 10.2 Å². The maximum Gasteiger partial charge on any atom is 0.257 e. The van der Waals surface area contributed by atoms with E-state index in [0.717, 1.165) is 27.8 Å². The number of carbonyl (C=O) groups is 1. The van der Waals surface area contributed by atoms with Gasteiger partial charge in [-0.25, -0.2) is 22.0 Å². The number of nitrogens with zero attached hydrogens (tertiary/aromatic N) is 1. The lowest BCUT2D eigenvalue weighted by atomic mass is 9.89. The van der Waals surface area contributed by atoms with Crippen molar-refractivity contribution in [3.05, 3.63) is 166 Å². The van der Waals surface area contributed by atoms with Gasteiger partial charge in [-0.2, -0.15) is 0 Å². The van der Waals surface area contributed by atoms with E-state index < -0.39 is 46.8 Å². The summed E-state index contributed by atoms with van der Waals surface area (Å²) < 4.78 is 82.7. The average Bonchev–Trinajstić information content (AvgIpc) is 3.19. The normalized spacial score (nSPS) is 19.3. The number of benzene rings is 5. The Morgan fingerprint density at radius 2 is 1.38 bits per heavy atom. The molecule has 1 saturated heterocycles. The van der Waals surface area contributed by atoms with Gasteiger partial charge in [0.25, 0.3) is 5.91 Å². The van der Waals surface area contributed by atoms with Gasteiger partial charge in [0.1, 0.15) is 5.56 Å². The van der Waals surface area contributed by atoms with E-state index in [4.69, 9.17) is 9.47 Å². The number of hydrogen-bond donors (Lipinski definition) is 2. The second-order valence-corrected chi connectivity index (χ2v) is 13.3. The summed E-state index contributed by atoms with van der Waals surface area (Å²) in [6.07, 6.45) is -1.27. The molecule has 0 bridgehead atoms. The van der Waals surface area contributed by atoms with Gasteiger partial charge in [-0.3, -0.25) is 9.69 Å². The Hall–Kier alpha value is -4.94. The first kappa shape index (κ1) is 37.8. The number of nitrogens with one attached hydrogen (secondary N) is 1. The fraction of sp³-hybridized carbons (Fsp3) is 0.262. The topological polar surface area (TPSA) is 71.0 Å². The zero-order valence-electron chi connectivity index (χ0n) is 29.3. The largest absolute Gasteiger partial charge is 0.392 e. The molecule has 0 aliphatic carbocycles. The molecule has 53 heavy (non-hydrogen) atoms. The minimum atomic E-state index is -2.34. The second-order valence-electron chi connectivity index (χ2n) is 13.3. The zero-order chi connectivity index (χ0) is 37.8. The highest BCUT2D eigenvalue weighted by Crippen LogP contribution is 2.43. The summed E-state index contributed by atoms with van der Waals surface area (Å²) in [6.45, 7) is 4.58. The van der Waals surface area contributed by atoms with Crippen LogP contribution in [-0.2, 0) is 22.6 Å². The molecule has 2 N–H and O–H groups in total. The van der Waals surface area contributed by atoms with Crippen LogP contribution in [0.2, 0.25) is 0 Å². The van der Waals surface area contributed by atoms with Gasteiger partial charge in [-0.15, -0.1) is 0 Å². The monoisotopic (exact) mass is 730 g/mol. The molecular weight excluding hydrogens is 691 g/mol. The summed E-state index contributed by atoms with van der Waals surface area (Å²) in [5, 5.41) is 11.9. The molecule has 0 radical (unpaired) electrons. The molecule has 1 aliphatic heterocycles. The highest BCUT2D eigenvalue weighted by molar-refractivity contribution is 5.94. The first-order valence-electron chi connectivity index (χ1n) is 17.2. The van der Waals surface area contributed by atoms with Crippen LogP contribution in [0.1, 0.15) is 70.5 Å². The molecule has 11 heteroatoms. The van der Waals surface area contributed by atoms with Gasteiger partial charge in [0.15, 0.2) is 29.6 Å². The first-order valence-corrected chi connectivity index (χ1v) is 17.2. The minimum Gasteiger partial charge on any atom is -0.392 e. The summed E-state index contributed by atoms with van der Waals surface area (Å²) in [5.74, 6) is -12.6. The summed E-state index contributed by atoms with van der Waals surface area (Å²) in [5.41, 5.74) is 4.21. The summed E-state index contributed by atoms with van der Waals surface area (Å²) in [6, 6.07) is 32.7. The number of aliphatic hydroxyl groups excluding tert-OH is 1. The number of likely N-dealkylation sites (N-methyl/N-ethyl adjacent to an activating group) is 1. The fourth-order valence-electron chi connectivity index (χ4n) is 6.56. The van der Waals surface area contributed by atoms with Gasteiger partial charge >= 0.3 is 0 Å². The maximum atomic E-state index is 14.2. The van der Waals surface area contributed by atoms with Gasteiger partial charge in [0.2, 0.25) is 5.82 Å². The Kier molecular flexibility index (Phi) is 11.7. The first-order chi connectivity index (χ1) is 25.5. The van der Waals surface area contributed by atoms with Crippen LogP contribution in [0.25, 0.3) is 11.1 Å². The Labute approximate surface area is 304 Å². The van der Waals surface area contributed by atoms with Crippen LogP contribution in [-0.4, -0.2) is 35.6 Å². The summed E-state index contributed by atoms with van der Waals surface area (Å²) >= 11 is 0. The predicted molar refractivity (Wildman–Crippen MR) is 190 cm³/mol. The highest BCUT2D eigenvalue weighted by Gasteiger charge is 2.39. The Morgan fingerprint density at radius 1 is 0.755 bits per heavy atom. The molecule has 276 valence electrons. The van der Waals surface area contributed by atoms with Crippen molar-refractivity contribution in [3.8, 4) is 11.1 Å². The molecule has 5 aromatic rings. The SMILES string of the molecule is CC1C(CN(C)C(C)c2ccccc2)OC(c2cccc(-c3cccc(CNC(=O)c4c(F)c(F)c(F)c(F)c4F)c3)c2)OC1c1ccc(CO)cc1. The van der Waals surface area contributed by atoms with Gasteiger partial charge < -0.3 is 19.9 Å². The van der Waals surface area contributed by atoms with E-state index in [2.05, 4.69) is 43.2 Å². The van der Waals surface area contributed by atoms with E-state index in [9.17, 15) is 31.9 Å². The molecule has 0 saturated carbocycles. The Morgan fingerprint density at radius 3 is 2.04 bits per heavy atom. The average molecular weight is 731 g/mol. The van der Waals surface area contributed by atoms with E-state index in [1.165, 1.54) is 5.56 Å². The molecule has 1 fully saturated rings. The molecule has 6 rings (SSSR count). The van der Waals surface area contributed by atoms with E-state index in [1.807, 2.05) is 72.8 Å². The number of amides is 1. The Balaban J connectivity index is 1.23. The van der Waals surface area contributed by atoms with Crippen LogP contribution >= 0.6 is 0 Å². The van der Waals surface area contributed by atoms with Crippen molar-refractivity contribution in [2.75, 3.05) is 13.6 Å². The fourth-order valence-corrected chi connectivity index (χ4v) is 6.56. The Bertz CT molecular complexity index is 2030. The second kappa shape index (κ2) is 16.4. The number of ether oxygens (including phenoxy) is 2. The number of hydrogen-bond acceptors (Lipinski definition) is 5. The smallest absolute Gasteiger partial charge is 0.257 e. The molecule has 5 atom stereocenters. The van der Waals surface area contributed by atoms with Crippen LogP contribution in [0, 0.1) is 35.0 Å².